The van der Waals surface area contributed by atoms with Gasteiger partial charge in [-0.1, -0.05) is 25.0 Å². The predicted molar refractivity (Wildman–Crippen MR) is 78.0 cm³/mol. The lowest BCUT2D eigenvalue weighted by molar-refractivity contribution is 0.102. The van der Waals surface area contributed by atoms with E-state index in [1.165, 1.54) is 36.6 Å². The molecule has 1 aromatic heterocycles. The van der Waals surface area contributed by atoms with E-state index in [4.69, 9.17) is 0 Å². The summed E-state index contributed by atoms with van der Waals surface area (Å²) in [5.41, 5.74) is 2.35. The van der Waals surface area contributed by atoms with Gasteiger partial charge in [0.15, 0.2) is 0 Å². The van der Waals surface area contributed by atoms with E-state index in [1.807, 2.05) is 12.3 Å². The second-order valence-corrected chi connectivity index (χ2v) is 5.68. The summed E-state index contributed by atoms with van der Waals surface area (Å²) in [6, 6.07) is 10.5. The highest BCUT2D eigenvalue weighted by molar-refractivity contribution is 5.78. The highest BCUT2D eigenvalue weighted by atomic mass is 16.3. The van der Waals surface area contributed by atoms with E-state index in [0.717, 1.165) is 18.4 Å². The summed E-state index contributed by atoms with van der Waals surface area (Å²) < 4.78 is 0. The number of aromatic nitrogens is 1. The van der Waals surface area contributed by atoms with Gasteiger partial charge in [0.05, 0.1) is 11.6 Å². The summed E-state index contributed by atoms with van der Waals surface area (Å²) in [7, 11) is 0. The van der Waals surface area contributed by atoms with Gasteiger partial charge in [-0.15, -0.1) is 0 Å². The van der Waals surface area contributed by atoms with Crippen molar-refractivity contribution in [3.63, 3.8) is 0 Å². The normalized spacial score (nSPS) is 17.9. The molecule has 0 bridgehead atoms. The highest BCUT2D eigenvalue weighted by Gasteiger charge is 2.22. The Kier molecular flexibility index (Phi) is 3.79. The number of pyridine rings is 1. The molecule has 2 aromatic rings. The van der Waals surface area contributed by atoms with Crippen molar-refractivity contribution in [2.75, 3.05) is 0 Å². The number of aryl methyl sites for hydroxylation is 1. The second kappa shape index (κ2) is 5.70. The van der Waals surface area contributed by atoms with Gasteiger partial charge in [0.1, 0.15) is 0 Å². The van der Waals surface area contributed by atoms with E-state index in [-0.39, 0.29) is 6.10 Å². The number of benzene rings is 1. The molecule has 2 heteroatoms. The van der Waals surface area contributed by atoms with Crippen LogP contribution in [0.3, 0.4) is 0 Å². The molecule has 1 fully saturated rings. The van der Waals surface area contributed by atoms with Crippen LogP contribution in [0, 0.1) is 5.92 Å². The molecule has 1 saturated carbocycles. The van der Waals surface area contributed by atoms with E-state index < -0.39 is 0 Å². The molecule has 1 atom stereocenters. The number of aliphatic hydroxyl groups is 1. The lowest BCUT2D eigenvalue weighted by Gasteiger charge is -2.17. The largest absolute Gasteiger partial charge is 0.393 e. The Morgan fingerprint density at radius 1 is 1.21 bits per heavy atom. The van der Waals surface area contributed by atoms with Gasteiger partial charge in [0.25, 0.3) is 0 Å². The first-order chi connectivity index (χ1) is 9.33. The fraction of sp³-hybridized carbons (Fsp3) is 0.471. The fourth-order valence-electron chi connectivity index (χ4n) is 3.17. The van der Waals surface area contributed by atoms with Crippen molar-refractivity contribution in [2.45, 2.75) is 44.6 Å². The van der Waals surface area contributed by atoms with Crippen molar-refractivity contribution in [3.05, 3.63) is 42.1 Å². The number of hydrogen-bond acceptors (Lipinski definition) is 2. The van der Waals surface area contributed by atoms with Gasteiger partial charge < -0.3 is 5.11 Å². The van der Waals surface area contributed by atoms with E-state index >= 15 is 0 Å². The Bertz CT molecular complexity index is 546. The van der Waals surface area contributed by atoms with E-state index in [9.17, 15) is 5.11 Å². The monoisotopic (exact) mass is 255 g/mol. The Morgan fingerprint density at radius 3 is 2.89 bits per heavy atom. The SMILES string of the molecule is OC(CCc1ccc2ncccc2c1)C1CCCC1. The maximum atomic E-state index is 10.2. The first-order valence-electron chi connectivity index (χ1n) is 7.35. The molecule has 0 radical (unpaired) electrons. The molecule has 1 heterocycles. The van der Waals surface area contributed by atoms with Gasteiger partial charge in [0.2, 0.25) is 0 Å². The van der Waals surface area contributed by atoms with Crippen molar-refractivity contribution >= 4 is 10.9 Å². The molecule has 1 aromatic carbocycles. The van der Waals surface area contributed by atoms with Crippen molar-refractivity contribution in [2.24, 2.45) is 5.92 Å². The first-order valence-corrected chi connectivity index (χ1v) is 7.35. The molecule has 0 saturated heterocycles. The van der Waals surface area contributed by atoms with Crippen molar-refractivity contribution < 1.29 is 5.11 Å². The summed E-state index contributed by atoms with van der Waals surface area (Å²) in [6.07, 6.45) is 8.57. The van der Waals surface area contributed by atoms with Crippen LogP contribution in [0.25, 0.3) is 10.9 Å². The zero-order chi connectivity index (χ0) is 13.1. The van der Waals surface area contributed by atoms with Gasteiger partial charge in [-0.05, 0) is 55.4 Å². The average molecular weight is 255 g/mol. The average Bonchev–Trinajstić information content (AvgIpc) is 2.99. The molecule has 2 nitrogen and oxygen atoms in total. The van der Waals surface area contributed by atoms with Gasteiger partial charge >= 0.3 is 0 Å². The zero-order valence-corrected chi connectivity index (χ0v) is 11.3. The van der Waals surface area contributed by atoms with Crippen LogP contribution in [0.4, 0.5) is 0 Å². The van der Waals surface area contributed by atoms with Gasteiger partial charge in [-0.2, -0.15) is 0 Å². The van der Waals surface area contributed by atoms with E-state index in [0.29, 0.717) is 5.92 Å². The summed E-state index contributed by atoms with van der Waals surface area (Å²) in [6.45, 7) is 0. The van der Waals surface area contributed by atoms with Crippen LogP contribution in [0.5, 0.6) is 0 Å². The van der Waals surface area contributed by atoms with Crippen LogP contribution in [-0.4, -0.2) is 16.2 Å². The van der Waals surface area contributed by atoms with Crippen LogP contribution in [-0.2, 0) is 6.42 Å². The van der Waals surface area contributed by atoms with E-state index in [1.54, 1.807) is 0 Å². The topological polar surface area (TPSA) is 33.1 Å². The quantitative estimate of drug-likeness (QED) is 0.903. The third-order valence-corrected chi connectivity index (χ3v) is 4.34. The summed E-state index contributed by atoms with van der Waals surface area (Å²) in [5, 5.41) is 11.4. The molecule has 1 unspecified atom stereocenters. The predicted octanol–water partition coefficient (Wildman–Crippen LogP) is 3.72. The smallest absolute Gasteiger partial charge is 0.0702 e. The molecule has 0 spiro atoms. The standard InChI is InChI=1S/C17H21NO/c19-17(14-4-1-2-5-14)10-8-13-7-9-16-15(12-13)6-3-11-18-16/h3,6-7,9,11-12,14,17,19H,1-2,4-5,8,10H2. The van der Waals surface area contributed by atoms with Crippen molar-refractivity contribution in [3.8, 4) is 0 Å². The number of nitrogens with zero attached hydrogens (tertiary/aromatic N) is 1. The Morgan fingerprint density at radius 2 is 2.05 bits per heavy atom. The Labute approximate surface area is 114 Å². The number of fused-ring (bicyclic) bond motifs is 1. The molecule has 19 heavy (non-hydrogen) atoms. The lowest BCUT2D eigenvalue weighted by Crippen LogP contribution is -2.18. The maximum absolute atomic E-state index is 10.2. The fourth-order valence-corrected chi connectivity index (χ4v) is 3.17. The molecule has 3 rings (SSSR count). The minimum Gasteiger partial charge on any atom is -0.393 e. The van der Waals surface area contributed by atoms with Gasteiger partial charge in [0, 0.05) is 11.6 Å². The molecule has 1 aliphatic rings. The molecule has 100 valence electrons. The molecular weight excluding hydrogens is 234 g/mol. The molecule has 1 aliphatic carbocycles. The van der Waals surface area contributed by atoms with Crippen LogP contribution in [0.2, 0.25) is 0 Å². The van der Waals surface area contributed by atoms with Crippen LogP contribution < -0.4 is 0 Å². The minimum absolute atomic E-state index is 0.118. The number of rotatable bonds is 4. The zero-order valence-electron chi connectivity index (χ0n) is 11.3. The van der Waals surface area contributed by atoms with Crippen molar-refractivity contribution in [1.29, 1.82) is 0 Å². The van der Waals surface area contributed by atoms with Gasteiger partial charge in [-0.25, -0.2) is 0 Å². The summed E-state index contributed by atoms with van der Waals surface area (Å²) in [4.78, 5) is 4.33. The Balaban J connectivity index is 1.64. The summed E-state index contributed by atoms with van der Waals surface area (Å²) in [5.74, 6) is 0.544. The number of aliphatic hydroxyl groups excluding tert-OH is 1. The van der Waals surface area contributed by atoms with E-state index in [2.05, 4.69) is 29.2 Å². The molecular formula is C17H21NO. The second-order valence-electron chi connectivity index (χ2n) is 5.68. The molecule has 0 aliphatic heterocycles. The van der Waals surface area contributed by atoms with Crippen LogP contribution in [0.1, 0.15) is 37.7 Å². The minimum atomic E-state index is -0.118. The van der Waals surface area contributed by atoms with Crippen LogP contribution in [0.15, 0.2) is 36.5 Å². The highest BCUT2D eigenvalue weighted by Crippen LogP contribution is 2.29. The molecule has 0 amide bonds. The first kappa shape index (κ1) is 12.6. The third kappa shape index (κ3) is 2.95. The lowest BCUT2D eigenvalue weighted by atomic mass is 9.95. The molecule has 1 N–H and O–H groups in total. The third-order valence-electron chi connectivity index (χ3n) is 4.34. The van der Waals surface area contributed by atoms with Crippen molar-refractivity contribution in [1.82, 2.24) is 4.98 Å². The summed E-state index contributed by atoms with van der Waals surface area (Å²) >= 11 is 0. The number of hydrogen-bond donors (Lipinski definition) is 1. The van der Waals surface area contributed by atoms with Gasteiger partial charge in [-0.3, -0.25) is 4.98 Å². The van der Waals surface area contributed by atoms with Crippen LogP contribution >= 0.6 is 0 Å². The Hall–Kier alpha value is -1.41. The maximum Gasteiger partial charge on any atom is 0.0702 e.